The van der Waals surface area contributed by atoms with Gasteiger partial charge in [-0.3, -0.25) is 9.59 Å². The van der Waals surface area contributed by atoms with Crippen molar-refractivity contribution in [2.45, 2.75) is 19.4 Å². The van der Waals surface area contributed by atoms with Crippen molar-refractivity contribution in [3.05, 3.63) is 0 Å². The topological polar surface area (TPSA) is 61.8 Å². The number of rotatable bonds is 4. The Morgan fingerprint density at radius 3 is 2.85 bits per heavy atom. The molecule has 0 saturated carbocycles. The van der Waals surface area contributed by atoms with Crippen LogP contribution in [-0.4, -0.2) is 37.9 Å². The van der Waals surface area contributed by atoms with Gasteiger partial charge in [-0.1, -0.05) is 0 Å². The van der Waals surface area contributed by atoms with Gasteiger partial charge in [0.1, 0.15) is 31.7 Å². The molecule has 0 bridgehead atoms. The Kier molecular flexibility index (Phi) is 3.85. The summed E-state index contributed by atoms with van der Waals surface area (Å²) >= 11 is 0. The number of hydrogen-bond donors (Lipinski definition) is 0. The van der Waals surface area contributed by atoms with Crippen LogP contribution >= 0.6 is 0 Å². The fourth-order valence-corrected chi connectivity index (χ4v) is 0.908. The third kappa shape index (κ3) is 4.00. The SMILES string of the molecule is CC(=O)CC(=O)OC[C@@H]1COCO1. The molecule has 1 aliphatic rings. The van der Waals surface area contributed by atoms with Gasteiger partial charge < -0.3 is 14.2 Å². The van der Waals surface area contributed by atoms with Crippen LogP contribution in [0.2, 0.25) is 0 Å². The van der Waals surface area contributed by atoms with E-state index in [-0.39, 0.29) is 31.7 Å². The number of esters is 1. The zero-order chi connectivity index (χ0) is 9.68. The molecule has 13 heavy (non-hydrogen) atoms. The number of ketones is 1. The van der Waals surface area contributed by atoms with Crippen molar-refractivity contribution in [2.24, 2.45) is 0 Å². The van der Waals surface area contributed by atoms with Gasteiger partial charge in [0.2, 0.25) is 0 Å². The Bertz CT molecular complexity index is 195. The van der Waals surface area contributed by atoms with E-state index < -0.39 is 5.97 Å². The zero-order valence-electron chi connectivity index (χ0n) is 7.45. The minimum absolute atomic E-state index is 0.159. The van der Waals surface area contributed by atoms with Gasteiger partial charge in [-0.2, -0.15) is 0 Å². The first-order valence-electron chi connectivity index (χ1n) is 4.03. The summed E-state index contributed by atoms with van der Waals surface area (Å²) in [5, 5.41) is 0. The van der Waals surface area contributed by atoms with E-state index in [2.05, 4.69) is 0 Å². The molecule has 0 spiro atoms. The smallest absolute Gasteiger partial charge is 0.313 e. The van der Waals surface area contributed by atoms with Crippen LogP contribution in [0.4, 0.5) is 0 Å². The van der Waals surface area contributed by atoms with Gasteiger partial charge in [-0.15, -0.1) is 0 Å². The van der Waals surface area contributed by atoms with Gasteiger partial charge in [0.25, 0.3) is 0 Å². The van der Waals surface area contributed by atoms with Crippen LogP contribution in [0, 0.1) is 0 Å². The number of carbonyl (C=O) groups excluding carboxylic acids is 2. The van der Waals surface area contributed by atoms with E-state index >= 15 is 0 Å². The predicted octanol–water partition coefficient (Wildman–Crippen LogP) is -0.118. The van der Waals surface area contributed by atoms with E-state index in [1.165, 1.54) is 6.92 Å². The van der Waals surface area contributed by atoms with Gasteiger partial charge in [0.05, 0.1) is 6.61 Å². The quantitative estimate of drug-likeness (QED) is 0.454. The molecule has 0 N–H and O–H groups in total. The first-order valence-corrected chi connectivity index (χ1v) is 4.03. The molecule has 0 aromatic rings. The molecule has 5 heteroatoms. The summed E-state index contributed by atoms with van der Waals surface area (Å²) in [4.78, 5) is 21.4. The molecular weight excluding hydrogens is 176 g/mol. The van der Waals surface area contributed by atoms with Crippen LogP contribution in [0.5, 0.6) is 0 Å². The third-order valence-electron chi connectivity index (χ3n) is 1.51. The van der Waals surface area contributed by atoms with Gasteiger partial charge in [0.15, 0.2) is 0 Å². The second-order valence-corrected chi connectivity index (χ2v) is 2.84. The molecule has 0 unspecified atom stereocenters. The fraction of sp³-hybridized carbons (Fsp3) is 0.750. The zero-order valence-corrected chi connectivity index (χ0v) is 7.45. The standard InChI is InChI=1S/C8H12O5/c1-6(9)2-8(10)12-4-7-3-11-5-13-7/h7H,2-5H2,1H3/t7-/m0/s1. The van der Waals surface area contributed by atoms with Crippen molar-refractivity contribution < 1.29 is 23.8 Å². The van der Waals surface area contributed by atoms with Crippen molar-refractivity contribution in [3.63, 3.8) is 0 Å². The largest absolute Gasteiger partial charge is 0.462 e. The maximum absolute atomic E-state index is 10.9. The summed E-state index contributed by atoms with van der Waals surface area (Å²) in [7, 11) is 0. The van der Waals surface area contributed by atoms with E-state index in [4.69, 9.17) is 14.2 Å². The van der Waals surface area contributed by atoms with Crippen LogP contribution in [0.15, 0.2) is 0 Å². The maximum atomic E-state index is 10.9. The Morgan fingerprint density at radius 1 is 1.54 bits per heavy atom. The molecule has 0 aromatic carbocycles. The van der Waals surface area contributed by atoms with Crippen LogP contribution < -0.4 is 0 Å². The highest BCUT2D eigenvalue weighted by molar-refractivity contribution is 5.94. The molecule has 1 atom stereocenters. The molecule has 1 aliphatic heterocycles. The summed E-state index contributed by atoms with van der Waals surface area (Å²) < 4.78 is 14.7. The highest BCUT2D eigenvalue weighted by Gasteiger charge is 2.18. The monoisotopic (exact) mass is 188 g/mol. The van der Waals surface area contributed by atoms with E-state index in [1.807, 2.05) is 0 Å². The summed E-state index contributed by atoms with van der Waals surface area (Å²) in [6, 6.07) is 0. The van der Waals surface area contributed by atoms with Gasteiger partial charge in [-0.05, 0) is 6.92 Å². The molecule has 1 saturated heterocycles. The molecule has 1 fully saturated rings. The normalized spacial score (nSPS) is 21.5. The Hall–Kier alpha value is -0.940. The van der Waals surface area contributed by atoms with E-state index in [0.717, 1.165) is 0 Å². The second kappa shape index (κ2) is 4.94. The van der Waals surface area contributed by atoms with Crippen LogP contribution in [0.1, 0.15) is 13.3 Å². The molecule has 0 radical (unpaired) electrons. The lowest BCUT2D eigenvalue weighted by Gasteiger charge is -2.07. The van der Waals surface area contributed by atoms with Gasteiger partial charge >= 0.3 is 5.97 Å². The first kappa shape index (κ1) is 10.1. The molecule has 0 aromatic heterocycles. The van der Waals surface area contributed by atoms with Gasteiger partial charge in [0, 0.05) is 0 Å². The van der Waals surface area contributed by atoms with Crippen LogP contribution in [-0.2, 0) is 23.8 Å². The molecule has 74 valence electrons. The molecule has 1 heterocycles. The second-order valence-electron chi connectivity index (χ2n) is 2.84. The molecule has 0 amide bonds. The first-order chi connectivity index (χ1) is 6.18. The predicted molar refractivity (Wildman–Crippen MR) is 41.9 cm³/mol. The average Bonchev–Trinajstić information content (AvgIpc) is 2.51. The minimum Gasteiger partial charge on any atom is -0.462 e. The average molecular weight is 188 g/mol. The number of hydrogen-bond acceptors (Lipinski definition) is 5. The van der Waals surface area contributed by atoms with Crippen LogP contribution in [0.25, 0.3) is 0 Å². The van der Waals surface area contributed by atoms with E-state index in [1.54, 1.807) is 0 Å². The minimum atomic E-state index is -0.511. The van der Waals surface area contributed by atoms with Crippen molar-refractivity contribution in [2.75, 3.05) is 20.0 Å². The highest BCUT2D eigenvalue weighted by atomic mass is 16.7. The summed E-state index contributed by atoms with van der Waals surface area (Å²) in [5.41, 5.74) is 0. The van der Waals surface area contributed by atoms with E-state index in [9.17, 15) is 9.59 Å². The summed E-state index contributed by atoms with van der Waals surface area (Å²) in [5.74, 6) is -0.711. The number of carbonyl (C=O) groups is 2. The van der Waals surface area contributed by atoms with E-state index in [0.29, 0.717) is 6.61 Å². The number of ether oxygens (including phenoxy) is 3. The third-order valence-corrected chi connectivity index (χ3v) is 1.51. The Balaban J connectivity index is 2.10. The summed E-state index contributed by atoms with van der Waals surface area (Å²) in [6.45, 7) is 2.19. The highest BCUT2D eigenvalue weighted by Crippen LogP contribution is 2.03. The van der Waals surface area contributed by atoms with Crippen molar-refractivity contribution in [3.8, 4) is 0 Å². The number of Topliss-reactive ketones (excluding diaryl/α,β-unsaturated/α-hetero) is 1. The lowest BCUT2D eigenvalue weighted by molar-refractivity contribution is -0.148. The van der Waals surface area contributed by atoms with Crippen molar-refractivity contribution in [1.82, 2.24) is 0 Å². The molecule has 1 rings (SSSR count). The molecule has 5 nitrogen and oxygen atoms in total. The van der Waals surface area contributed by atoms with Crippen molar-refractivity contribution >= 4 is 11.8 Å². The summed E-state index contributed by atoms with van der Waals surface area (Å²) in [6.07, 6.45) is -0.357. The van der Waals surface area contributed by atoms with Crippen molar-refractivity contribution in [1.29, 1.82) is 0 Å². The fourth-order valence-electron chi connectivity index (χ4n) is 0.908. The Labute approximate surface area is 76.0 Å². The maximum Gasteiger partial charge on any atom is 0.313 e. The molecular formula is C8H12O5. The lowest BCUT2D eigenvalue weighted by Crippen LogP contribution is -2.21. The molecule has 0 aliphatic carbocycles. The van der Waals surface area contributed by atoms with Crippen LogP contribution in [0.3, 0.4) is 0 Å². The lowest BCUT2D eigenvalue weighted by atomic mass is 10.3. The van der Waals surface area contributed by atoms with Gasteiger partial charge in [-0.25, -0.2) is 0 Å². The Morgan fingerprint density at radius 2 is 2.31 bits per heavy atom.